The van der Waals surface area contributed by atoms with Gasteiger partial charge in [0.25, 0.3) is 5.91 Å². The van der Waals surface area contributed by atoms with Gasteiger partial charge in [-0.2, -0.15) is 0 Å². The van der Waals surface area contributed by atoms with Crippen molar-refractivity contribution in [1.29, 1.82) is 0 Å². The van der Waals surface area contributed by atoms with Crippen LogP contribution in [-0.2, 0) is 4.74 Å². The molecule has 0 N–H and O–H groups in total. The first-order chi connectivity index (χ1) is 12.0. The minimum absolute atomic E-state index is 0.147. The third-order valence-corrected chi connectivity index (χ3v) is 5.45. The number of benzene rings is 1. The summed E-state index contributed by atoms with van der Waals surface area (Å²) in [5.74, 6) is 0.147. The van der Waals surface area contributed by atoms with E-state index in [0.29, 0.717) is 0 Å². The molecule has 25 heavy (non-hydrogen) atoms. The second kappa shape index (κ2) is 7.44. The van der Waals surface area contributed by atoms with Crippen LogP contribution in [0.3, 0.4) is 0 Å². The quantitative estimate of drug-likeness (QED) is 0.844. The monoisotopic (exact) mass is 340 g/mol. The number of ether oxygens (including phenoxy) is 1. The lowest BCUT2D eigenvalue weighted by molar-refractivity contribution is 0.0350. The predicted octanol–water partition coefficient (Wildman–Crippen LogP) is 3.97. The molecule has 0 aliphatic carbocycles. The molecule has 4 nitrogen and oxygen atoms in total. The summed E-state index contributed by atoms with van der Waals surface area (Å²) < 4.78 is 7.68. The van der Waals surface area contributed by atoms with E-state index in [1.807, 2.05) is 17.0 Å². The van der Waals surface area contributed by atoms with E-state index in [9.17, 15) is 4.79 Å². The fourth-order valence-electron chi connectivity index (χ4n) is 3.94. The molecule has 2 heterocycles. The van der Waals surface area contributed by atoms with Gasteiger partial charge in [0.05, 0.1) is 17.7 Å². The summed E-state index contributed by atoms with van der Waals surface area (Å²) in [5, 5.41) is 0. The predicted molar refractivity (Wildman–Crippen MR) is 100 cm³/mol. The first kappa shape index (κ1) is 17.7. The van der Waals surface area contributed by atoms with Crippen LogP contribution in [-0.4, -0.2) is 41.7 Å². The molecule has 134 valence electrons. The van der Waals surface area contributed by atoms with E-state index in [1.54, 1.807) is 7.11 Å². The minimum atomic E-state index is 0.147. The number of aromatic nitrogens is 1. The van der Waals surface area contributed by atoms with Crippen molar-refractivity contribution in [3.8, 4) is 0 Å². The zero-order valence-corrected chi connectivity index (χ0v) is 15.7. The molecule has 0 spiro atoms. The Morgan fingerprint density at radius 3 is 2.40 bits per heavy atom. The fraction of sp³-hybridized carbons (Fsp3) is 0.476. The molecular formula is C21H28N2O2. The highest BCUT2D eigenvalue weighted by Gasteiger charge is 2.27. The Morgan fingerprint density at radius 2 is 1.80 bits per heavy atom. The van der Waals surface area contributed by atoms with E-state index in [0.717, 1.165) is 42.9 Å². The molecule has 1 amide bonds. The van der Waals surface area contributed by atoms with E-state index < -0.39 is 0 Å². The summed E-state index contributed by atoms with van der Waals surface area (Å²) in [6.07, 6.45) is 2.12. The number of piperidine rings is 1. The van der Waals surface area contributed by atoms with Crippen molar-refractivity contribution in [3.63, 3.8) is 0 Å². The highest BCUT2D eigenvalue weighted by atomic mass is 16.5. The lowest BCUT2D eigenvalue weighted by atomic mass is 10.1. The van der Waals surface area contributed by atoms with Crippen LogP contribution in [0.4, 0.5) is 0 Å². The van der Waals surface area contributed by atoms with Crippen LogP contribution in [0.5, 0.6) is 0 Å². The average molecular weight is 340 g/mol. The van der Waals surface area contributed by atoms with Gasteiger partial charge >= 0.3 is 0 Å². The molecule has 2 aromatic rings. The van der Waals surface area contributed by atoms with Gasteiger partial charge in [-0.1, -0.05) is 30.3 Å². The molecule has 0 saturated carbocycles. The van der Waals surface area contributed by atoms with Crippen LogP contribution in [0.2, 0.25) is 0 Å². The number of nitrogens with zero attached hydrogens (tertiary/aromatic N) is 2. The molecule has 1 aromatic heterocycles. The smallest absolute Gasteiger partial charge is 0.255 e. The van der Waals surface area contributed by atoms with Crippen molar-refractivity contribution in [3.05, 3.63) is 58.9 Å². The largest absolute Gasteiger partial charge is 0.381 e. The molecule has 0 bridgehead atoms. The first-order valence-electron chi connectivity index (χ1n) is 9.08. The van der Waals surface area contributed by atoms with Crippen molar-refractivity contribution in [2.75, 3.05) is 20.2 Å². The van der Waals surface area contributed by atoms with E-state index in [1.165, 1.54) is 5.56 Å². The minimum Gasteiger partial charge on any atom is -0.381 e. The maximum Gasteiger partial charge on any atom is 0.255 e. The number of hydrogen-bond donors (Lipinski definition) is 0. The summed E-state index contributed by atoms with van der Waals surface area (Å²) in [6, 6.07) is 12.7. The van der Waals surface area contributed by atoms with Crippen LogP contribution in [0.15, 0.2) is 36.4 Å². The summed E-state index contributed by atoms with van der Waals surface area (Å²) in [7, 11) is 1.75. The lowest BCUT2D eigenvalue weighted by Crippen LogP contribution is -2.40. The Morgan fingerprint density at radius 1 is 1.16 bits per heavy atom. The molecule has 1 aliphatic rings. The molecular weight excluding hydrogens is 312 g/mol. The Balaban J connectivity index is 1.83. The van der Waals surface area contributed by atoms with E-state index >= 15 is 0 Å². The van der Waals surface area contributed by atoms with E-state index in [-0.39, 0.29) is 18.1 Å². The highest BCUT2D eigenvalue weighted by molar-refractivity contribution is 5.95. The Bertz CT molecular complexity index is 728. The van der Waals surface area contributed by atoms with Gasteiger partial charge in [-0.25, -0.2) is 0 Å². The van der Waals surface area contributed by atoms with Crippen molar-refractivity contribution in [2.45, 2.75) is 45.8 Å². The SMILES string of the molecule is COC1CCN(C(=O)c2cc(C)n([C@@H](C)c3ccccc3)c2C)CC1. The third kappa shape index (κ3) is 3.49. The molecule has 1 atom stereocenters. The third-order valence-electron chi connectivity index (χ3n) is 5.45. The summed E-state index contributed by atoms with van der Waals surface area (Å²) in [6.45, 7) is 7.88. The van der Waals surface area contributed by atoms with Gasteiger partial charge in [-0.3, -0.25) is 4.79 Å². The van der Waals surface area contributed by atoms with Gasteiger partial charge < -0.3 is 14.2 Å². The van der Waals surface area contributed by atoms with Gasteiger partial charge in [0.15, 0.2) is 0 Å². The number of likely N-dealkylation sites (tertiary alicyclic amines) is 1. The summed E-state index contributed by atoms with van der Waals surface area (Å²) in [5.41, 5.74) is 4.26. The number of aryl methyl sites for hydroxylation is 1. The molecule has 3 rings (SSSR count). The maximum absolute atomic E-state index is 13.0. The lowest BCUT2D eigenvalue weighted by Gasteiger charge is -2.31. The van der Waals surface area contributed by atoms with Gasteiger partial charge in [-0.05, 0) is 45.2 Å². The van der Waals surface area contributed by atoms with Crippen molar-refractivity contribution in [2.24, 2.45) is 0 Å². The number of carbonyl (C=O) groups excluding carboxylic acids is 1. The van der Waals surface area contributed by atoms with E-state index in [4.69, 9.17) is 4.74 Å². The van der Waals surface area contributed by atoms with E-state index in [2.05, 4.69) is 49.6 Å². The fourth-order valence-corrected chi connectivity index (χ4v) is 3.94. The molecule has 1 fully saturated rings. The van der Waals surface area contributed by atoms with Gasteiger partial charge in [-0.15, -0.1) is 0 Å². The van der Waals surface area contributed by atoms with Crippen molar-refractivity contribution >= 4 is 5.91 Å². The normalized spacial score (nSPS) is 16.9. The molecule has 0 unspecified atom stereocenters. The van der Waals surface area contributed by atoms with Gasteiger partial charge in [0.1, 0.15) is 0 Å². The molecule has 1 aromatic carbocycles. The van der Waals surface area contributed by atoms with Gasteiger partial charge in [0.2, 0.25) is 0 Å². The number of carbonyl (C=O) groups is 1. The zero-order chi connectivity index (χ0) is 18.0. The molecule has 4 heteroatoms. The first-order valence-corrected chi connectivity index (χ1v) is 9.08. The average Bonchev–Trinajstić information content (AvgIpc) is 2.95. The highest BCUT2D eigenvalue weighted by Crippen LogP contribution is 2.27. The Hall–Kier alpha value is -2.07. The number of amides is 1. The summed E-state index contributed by atoms with van der Waals surface area (Å²) in [4.78, 5) is 15.0. The maximum atomic E-state index is 13.0. The second-order valence-corrected chi connectivity index (χ2v) is 6.97. The number of methoxy groups -OCH3 is 1. The molecule has 1 aliphatic heterocycles. The Labute approximate surface area is 150 Å². The van der Waals surface area contributed by atoms with Crippen molar-refractivity contribution in [1.82, 2.24) is 9.47 Å². The Kier molecular flexibility index (Phi) is 5.28. The summed E-state index contributed by atoms with van der Waals surface area (Å²) >= 11 is 0. The molecule has 1 saturated heterocycles. The second-order valence-electron chi connectivity index (χ2n) is 6.97. The van der Waals surface area contributed by atoms with Crippen LogP contribution in [0.1, 0.15) is 53.1 Å². The van der Waals surface area contributed by atoms with Gasteiger partial charge in [0, 0.05) is 31.6 Å². The van der Waals surface area contributed by atoms with Crippen LogP contribution in [0.25, 0.3) is 0 Å². The number of hydrogen-bond acceptors (Lipinski definition) is 2. The number of rotatable bonds is 4. The van der Waals surface area contributed by atoms with Crippen LogP contribution in [0, 0.1) is 13.8 Å². The van der Waals surface area contributed by atoms with Crippen LogP contribution >= 0.6 is 0 Å². The zero-order valence-electron chi connectivity index (χ0n) is 15.7. The topological polar surface area (TPSA) is 34.5 Å². The van der Waals surface area contributed by atoms with Crippen LogP contribution < -0.4 is 0 Å². The van der Waals surface area contributed by atoms with Crippen molar-refractivity contribution < 1.29 is 9.53 Å². The molecule has 0 radical (unpaired) electrons. The standard InChI is InChI=1S/C21H28N2O2/c1-15-14-20(21(24)22-12-10-19(25-4)11-13-22)17(3)23(15)16(2)18-8-6-5-7-9-18/h5-9,14,16,19H,10-13H2,1-4H3/t16-/m0/s1.